The number of rotatable bonds is 7. The van der Waals surface area contributed by atoms with Gasteiger partial charge in [0.25, 0.3) is 0 Å². The molecule has 0 N–H and O–H groups in total. The summed E-state index contributed by atoms with van der Waals surface area (Å²) in [7, 11) is 1.23. The Morgan fingerprint density at radius 3 is 2.06 bits per heavy atom. The summed E-state index contributed by atoms with van der Waals surface area (Å²) in [6.07, 6.45) is 1.82. The van der Waals surface area contributed by atoms with Crippen LogP contribution in [0, 0.1) is 5.92 Å². The Kier molecular flexibility index (Phi) is 5.99. The zero-order chi connectivity index (χ0) is 21.8. The summed E-state index contributed by atoms with van der Waals surface area (Å²) in [5, 5.41) is 0. The summed E-state index contributed by atoms with van der Waals surface area (Å²) in [6, 6.07) is 27.6. The van der Waals surface area contributed by atoms with E-state index in [1.165, 1.54) is 14.0 Å². The number of ether oxygens (including phenoxy) is 1. The number of carbonyl (C=O) groups excluding carboxylic acids is 1. The first-order valence-corrected chi connectivity index (χ1v) is 10.6. The van der Waals surface area contributed by atoms with Gasteiger partial charge >= 0.3 is 5.97 Å². The molecule has 2 atom stereocenters. The van der Waals surface area contributed by atoms with E-state index in [0.717, 1.165) is 40.9 Å². The van der Waals surface area contributed by atoms with E-state index in [0.29, 0.717) is 0 Å². The van der Waals surface area contributed by atoms with E-state index in [1.807, 2.05) is 84.9 Å². The lowest BCUT2D eigenvalue weighted by Gasteiger charge is -2.28. The molecule has 0 aliphatic heterocycles. The molecule has 4 rings (SSSR count). The number of aliphatic imine (C=N–C) groups is 1. The summed E-state index contributed by atoms with van der Waals surface area (Å²) in [6.45, 7) is 1.33. The van der Waals surface area contributed by atoms with Crippen molar-refractivity contribution in [2.45, 2.75) is 31.4 Å². The molecule has 158 valence electrons. The van der Waals surface area contributed by atoms with Gasteiger partial charge in [0.2, 0.25) is 5.67 Å². The molecular weight excluding hydrogens is 389 g/mol. The third-order valence-corrected chi connectivity index (χ3v) is 5.83. The molecule has 0 amide bonds. The number of hydrogen-bond donors (Lipinski definition) is 0. The van der Waals surface area contributed by atoms with Crippen LogP contribution in [-0.2, 0) is 9.53 Å². The molecular formula is C27H26FNO2. The van der Waals surface area contributed by atoms with Crippen LogP contribution in [-0.4, -0.2) is 24.5 Å². The Bertz CT molecular complexity index is 1030. The fourth-order valence-electron chi connectivity index (χ4n) is 4.19. The van der Waals surface area contributed by atoms with Gasteiger partial charge in [-0.3, -0.25) is 0 Å². The quantitative estimate of drug-likeness (QED) is 0.338. The van der Waals surface area contributed by atoms with Crippen LogP contribution in [0.25, 0.3) is 0 Å². The van der Waals surface area contributed by atoms with Crippen molar-refractivity contribution < 1.29 is 13.9 Å². The van der Waals surface area contributed by atoms with E-state index in [1.54, 1.807) is 0 Å². The maximum atomic E-state index is 15.5. The van der Waals surface area contributed by atoms with E-state index in [9.17, 15) is 4.79 Å². The topological polar surface area (TPSA) is 38.7 Å². The van der Waals surface area contributed by atoms with Crippen LogP contribution in [0.3, 0.4) is 0 Å². The fraction of sp³-hybridized carbons (Fsp3) is 0.259. The number of carbonyl (C=O) groups is 1. The minimum atomic E-state index is -2.08. The third-order valence-electron chi connectivity index (χ3n) is 5.83. The molecule has 3 nitrogen and oxygen atoms in total. The van der Waals surface area contributed by atoms with Gasteiger partial charge in [0, 0.05) is 17.0 Å². The highest BCUT2D eigenvalue weighted by Gasteiger charge is 2.50. The number of esters is 1. The van der Waals surface area contributed by atoms with Crippen molar-refractivity contribution in [3.63, 3.8) is 0 Å². The summed E-state index contributed by atoms with van der Waals surface area (Å²) >= 11 is 0. The molecule has 0 heterocycles. The number of methoxy groups -OCH3 is 1. The van der Waals surface area contributed by atoms with Crippen molar-refractivity contribution in [2.24, 2.45) is 10.9 Å². The molecule has 3 aromatic rings. The maximum absolute atomic E-state index is 15.5. The van der Waals surface area contributed by atoms with Crippen LogP contribution < -0.4 is 0 Å². The summed E-state index contributed by atoms with van der Waals surface area (Å²) in [5.41, 5.74) is 2.27. The lowest BCUT2D eigenvalue weighted by Crippen LogP contribution is -2.39. The van der Waals surface area contributed by atoms with E-state index in [4.69, 9.17) is 9.73 Å². The molecule has 0 spiro atoms. The lowest BCUT2D eigenvalue weighted by atomic mass is 9.81. The minimum absolute atomic E-state index is 0.135. The van der Waals surface area contributed by atoms with Crippen LogP contribution in [0.5, 0.6) is 0 Å². The molecule has 0 bridgehead atoms. The smallest absolute Gasteiger partial charge is 0.343 e. The van der Waals surface area contributed by atoms with Crippen LogP contribution in [0.15, 0.2) is 89.9 Å². The Morgan fingerprint density at radius 1 is 0.968 bits per heavy atom. The molecule has 1 fully saturated rings. The molecule has 1 saturated carbocycles. The first-order chi connectivity index (χ1) is 15.0. The van der Waals surface area contributed by atoms with Gasteiger partial charge in [0.15, 0.2) is 0 Å². The molecule has 1 unspecified atom stereocenters. The van der Waals surface area contributed by atoms with Gasteiger partial charge in [0.05, 0.1) is 18.5 Å². The second-order valence-electron chi connectivity index (χ2n) is 8.17. The maximum Gasteiger partial charge on any atom is 0.343 e. The normalized spacial score (nSPS) is 16.1. The Morgan fingerprint density at radius 2 is 1.55 bits per heavy atom. The van der Waals surface area contributed by atoms with Crippen molar-refractivity contribution in [1.82, 2.24) is 0 Å². The van der Waals surface area contributed by atoms with Gasteiger partial charge < -0.3 is 4.74 Å². The highest BCUT2D eigenvalue weighted by molar-refractivity contribution is 6.13. The Labute approximate surface area is 182 Å². The monoisotopic (exact) mass is 415 g/mol. The lowest BCUT2D eigenvalue weighted by molar-refractivity contribution is -0.155. The van der Waals surface area contributed by atoms with Crippen LogP contribution in [0.1, 0.15) is 42.4 Å². The second-order valence-corrected chi connectivity index (χ2v) is 8.17. The number of halogens is 1. The zero-order valence-corrected chi connectivity index (χ0v) is 17.8. The molecule has 0 saturated heterocycles. The SMILES string of the molecule is COC(=O)C(C)(F)[C@H](c1cccc(N=C(c2ccccc2)c2ccccc2)c1)C1CC1. The highest BCUT2D eigenvalue weighted by Crippen LogP contribution is 2.50. The second kappa shape index (κ2) is 8.84. The number of hydrogen-bond acceptors (Lipinski definition) is 3. The van der Waals surface area contributed by atoms with Crippen LogP contribution >= 0.6 is 0 Å². The third kappa shape index (κ3) is 4.58. The standard InChI is InChI=1S/C27H26FNO2/c1-27(28,26(30)31-2)24(19-16-17-19)22-14-9-15-23(18-22)29-25(20-10-5-3-6-11-20)21-12-7-4-8-13-21/h3-15,18-19,24H,16-17H2,1-2H3/t24-,27?/m0/s1. The molecule has 4 heteroatoms. The Balaban J connectivity index is 1.77. The minimum Gasteiger partial charge on any atom is -0.467 e. The molecule has 3 aromatic carbocycles. The Hall–Kier alpha value is -3.27. The molecule has 0 aromatic heterocycles. The van der Waals surface area contributed by atoms with Gasteiger partial charge in [-0.05, 0) is 43.4 Å². The largest absolute Gasteiger partial charge is 0.467 e. The highest BCUT2D eigenvalue weighted by atomic mass is 19.1. The summed E-state index contributed by atoms with van der Waals surface area (Å²) in [4.78, 5) is 17.1. The fourth-order valence-corrected chi connectivity index (χ4v) is 4.19. The molecule has 1 aliphatic rings. The number of nitrogens with zero attached hydrogens (tertiary/aromatic N) is 1. The first kappa shape index (κ1) is 21.0. The number of benzene rings is 3. The van der Waals surface area contributed by atoms with Crippen LogP contribution in [0.4, 0.5) is 10.1 Å². The van der Waals surface area contributed by atoms with E-state index in [-0.39, 0.29) is 5.92 Å². The van der Waals surface area contributed by atoms with Crippen molar-refractivity contribution in [1.29, 1.82) is 0 Å². The van der Waals surface area contributed by atoms with Gasteiger partial charge in [-0.2, -0.15) is 0 Å². The molecule has 31 heavy (non-hydrogen) atoms. The predicted octanol–water partition coefficient (Wildman–Crippen LogP) is 6.25. The molecule has 1 aliphatic carbocycles. The average molecular weight is 416 g/mol. The van der Waals surface area contributed by atoms with E-state index in [2.05, 4.69) is 0 Å². The predicted molar refractivity (Wildman–Crippen MR) is 122 cm³/mol. The van der Waals surface area contributed by atoms with E-state index >= 15 is 4.39 Å². The average Bonchev–Trinajstić information content (AvgIpc) is 3.63. The van der Waals surface area contributed by atoms with E-state index < -0.39 is 17.6 Å². The number of alkyl halides is 1. The van der Waals surface area contributed by atoms with Crippen molar-refractivity contribution in [2.75, 3.05) is 7.11 Å². The van der Waals surface area contributed by atoms with Crippen molar-refractivity contribution >= 4 is 17.4 Å². The summed E-state index contributed by atoms with van der Waals surface area (Å²) in [5.74, 6) is -1.24. The van der Waals surface area contributed by atoms with Crippen LogP contribution in [0.2, 0.25) is 0 Å². The van der Waals surface area contributed by atoms with Gasteiger partial charge in [0.1, 0.15) is 0 Å². The van der Waals surface area contributed by atoms with Gasteiger partial charge in [-0.15, -0.1) is 0 Å². The zero-order valence-electron chi connectivity index (χ0n) is 17.8. The van der Waals surface area contributed by atoms with Crippen molar-refractivity contribution in [3.8, 4) is 0 Å². The van der Waals surface area contributed by atoms with Gasteiger partial charge in [-0.25, -0.2) is 14.2 Å². The van der Waals surface area contributed by atoms with Crippen molar-refractivity contribution in [3.05, 3.63) is 102 Å². The van der Waals surface area contributed by atoms with Gasteiger partial charge in [-0.1, -0.05) is 72.8 Å². The first-order valence-electron chi connectivity index (χ1n) is 10.6. The summed E-state index contributed by atoms with van der Waals surface area (Å²) < 4.78 is 20.3. The molecule has 0 radical (unpaired) electrons.